The molecule has 0 saturated carbocycles. The van der Waals surface area contributed by atoms with Gasteiger partial charge in [0.15, 0.2) is 5.78 Å². The van der Waals surface area contributed by atoms with E-state index in [0.717, 1.165) is 33.2 Å². The molecule has 0 spiro atoms. The molecule has 4 aromatic rings. The Morgan fingerprint density at radius 2 is 1.66 bits per heavy atom. The van der Waals surface area contributed by atoms with E-state index in [4.69, 9.17) is 11.6 Å². The molecule has 0 atom stereocenters. The zero-order chi connectivity index (χ0) is 20.4. The van der Waals surface area contributed by atoms with Gasteiger partial charge >= 0.3 is 0 Å². The van der Waals surface area contributed by atoms with Crippen LogP contribution in [0.2, 0.25) is 5.02 Å². The summed E-state index contributed by atoms with van der Waals surface area (Å²) in [5.41, 5.74) is 6.13. The second kappa shape index (κ2) is 8.02. The minimum Gasteiger partial charge on any atom is -0.289 e. The van der Waals surface area contributed by atoms with E-state index in [2.05, 4.69) is 4.98 Å². The first-order valence-electron chi connectivity index (χ1n) is 9.48. The average molecular weight is 398 g/mol. The van der Waals surface area contributed by atoms with Gasteiger partial charge in [-0.05, 0) is 54.8 Å². The Balaban J connectivity index is 1.93. The number of carbonyl (C=O) groups is 1. The smallest absolute Gasteiger partial charge is 0.188 e. The minimum absolute atomic E-state index is 0.0704. The predicted octanol–water partition coefficient (Wildman–Crippen LogP) is 7.07. The highest BCUT2D eigenvalue weighted by molar-refractivity contribution is 6.31. The molecule has 0 radical (unpaired) electrons. The Labute approximate surface area is 175 Å². The maximum Gasteiger partial charge on any atom is 0.188 e. The number of carbonyl (C=O) groups excluding carboxylic acids is 1. The molecule has 1 aromatic heterocycles. The van der Waals surface area contributed by atoms with Crippen LogP contribution in [-0.2, 0) is 0 Å². The molecule has 0 aliphatic rings. The largest absolute Gasteiger partial charge is 0.289 e. The molecule has 1 heterocycles. The number of fused-ring (bicyclic) bond motifs is 1. The van der Waals surface area contributed by atoms with Crippen LogP contribution in [0, 0.1) is 13.8 Å². The Kier molecular flexibility index (Phi) is 5.28. The van der Waals surface area contributed by atoms with E-state index in [1.165, 1.54) is 0 Å². The third kappa shape index (κ3) is 3.85. The number of hydrogen-bond acceptors (Lipinski definition) is 2. The van der Waals surface area contributed by atoms with E-state index in [1.807, 2.05) is 92.7 Å². The van der Waals surface area contributed by atoms with Crippen LogP contribution >= 0.6 is 11.6 Å². The van der Waals surface area contributed by atoms with Crippen molar-refractivity contribution in [1.29, 1.82) is 0 Å². The van der Waals surface area contributed by atoms with Crippen LogP contribution in [0.15, 0.2) is 78.9 Å². The molecule has 0 unspecified atom stereocenters. The minimum atomic E-state index is -0.0704. The van der Waals surface area contributed by atoms with Gasteiger partial charge in [0.1, 0.15) is 0 Å². The number of ketones is 1. The van der Waals surface area contributed by atoms with Crippen LogP contribution in [0.4, 0.5) is 0 Å². The van der Waals surface area contributed by atoms with Crippen LogP contribution in [0.5, 0.6) is 0 Å². The lowest BCUT2D eigenvalue weighted by Gasteiger charge is -2.14. The van der Waals surface area contributed by atoms with Crippen molar-refractivity contribution in [2.75, 3.05) is 0 Å². The van der Waals surface area contributed by atoms with Crippen LogP contribution in [0.3, 0.4) is 0 Å². The van der Waals surface area contributed by atoms with Gasteiger partial charge in [0.05, 0.1) is 11.1 Å². The van der Waals surface area contributed by atoms with Crippen molar-refractivity contribution in [3.05, 3.63) is 106 Å². The van der Waals surface area contributed by atoms with Gasteiger partial charge in [-0.1, -0.05) is 72.3 Å². The maximum atomic E-state index is 13.3. The lowest BCUT2D eigenvalue weighted by atomic mass is 9.91. The summed E-state index contributed by atoms with van der Waals surface area (Å²) in [5.74, 6) is -0.0704. The molecule has 142 valence electrons. The van der Waals surface area contributed by atoms with Crippen molar-refractivity contribution in [1.82, 2.24) is 4.98 Å². The normalized spacial score (nSPS) is 11.3. The van der Waals surface area contributed by atoms with E-state index in [9.17, 15) is 4.79 Å². The van der Waals surface area contributed by atoms with Crippen LogP contribution < -0.4 is 0 Å². The molecule has 4 rings (SSSR count). The topological polar surface area (TPSA) is 30.0 Å². The predicted molar refractivity (Wildman–Crippen MR) is 121 cm³/mol. The summed E-state index contributed by atoms with van der Waals surface area (Å²) < 4.78 is 0. The van der Waals surface area contributed by atoms with Crippen molar-refractivity contribution in [2.24, 2.45) is 0 Å². The number of halogens is 1. The Morgan fingerprint density at radius 3 is 2.41 bits per heavy atom. The lowest BCUT2D eigenvalue weighted by molar-refractivity contribution is 0.104. The summed E-state index contributed by atoms with van der Waals surface area (Å²) >= 11 is 6.28. The van der Waals surface area contributed by atoms with E-state index in [-0.39, 0.29) is 5.78 Å². The fourth-order valence-electron chi connectivity index (χ4n) is 3.59. The fraction of sp³-hybridized carbons (Fsp3) is 0.0769. The Hall–Kier alpha value is -3.23. The number of aromatic nitrogens is 1. The molecule has 29 heavy (non-hydrogen) atoms. The maximum absolute atomic E-state index is 13.3. The fourth-order valence-corrected chi connectivity index (χ4v) is 3.76. The first-order chi connectivity index (χ1) is 14.0. The van der Waals surface area contributed by atoms with Crippen molar-refractivity contribution >= 4 is 34.4 Å². The number of pyridine rings is 1. The zero-order valence-electron chi connectivity index (χ0n) is 16.3. The van der Waals surface area contributed by atoms with Gasteiger partial charge in [-0.3, -0.25) is 9.78 Å². The number of allylic oxidation sites excluding steroid dienone is 1. The van der Waals surface area contributed by atoms with Crippen molar-refractivity contribution in [3.8, 4) is 11.1 Å². The van der Waals surface area contributed by atoms with Crippen LogP contribution in [0.1, 0.15) is 27.2 Å². The molecule has 0 amide bonds. The van der Waals surface area contributed by atoms with Gasteiger partial charge in [-0.2, -0.15) is 0 Å². The van der Waals surface area contributed by atoms with Gasteiger partial charge in [-0.25, -0.2) is 0 Å². The summed E-state index contributed by atoms with van der Waals surface area (Å²) in [7, 11) is 0. The van der Waals surface area contributed by atoms with E-state index >= 15 is 0 Å². The third-order valence-corrected chi connectivity index (χ3v) is 5.27. The van der Waals surface area contributed by atoms with E-state index < -0.39 is 0 Å². The van der Waals surface area contributed by atoms with Crippen molar-refractivity contribution < 1.29 is 4.79 Å². The SMILES string of the molecule is Cc1ccccc1/C=C/C(=O)c1c(C)nc2ccc(Cl)cc2c1-c1ccccc1. The molecular weight excluding hydrogens is 378 g/mol. The summed E-state index contributed by atoms with van der Waals surface area (Å²) in [4.78, 5) is 18.0. The quantitative estimate of drug-likeness (QED) is 0.272. The Bertz CT molecular complexity index is 1240. The number of benzene rings is 3. The molecular formula is C26H20ClNO. The molecule has 2 nitrogen and oxygen atoms in total. The van der Waals surface area contributed by atoms with Crippen LogP contribution in [0.25, 0.3) is 28.1 Å². The van der Waals surface area contributed by atoms with Gasteiger partial charge in [0, 0.05) is 21.7 Å². The molecule has 0 aliphatic heterocycles. The highest BCUT2D eigenvalue weighted by Gasteiger charge is 2.19. The average Bonchev–Trinajstić information content (AvgIpc) is 2.73. The number of rotatable bonds is 4. The summed E-state index contributed by atoms with van der Waals surface area (Å²) in [6.07, 6.45) is 3.50. The Morgan fingerprint density at radius 1 is 0.931 bits per heavy atom. The van der Waals surface area contributed by atoms with Gasteiger partial charge in [0.2, 0.25) is 0 Å². The summed E-state index contributed by atoms with van der Waals surface area (Å²) in [6, 6.07) is 23.5. The second-order valence-electron chi connectivity index (χ2n) is 7.03. The molecule has 0 saturated heterocycles. The first kappa shape index (κ1) is 19.1. The number of hydrogen-bond donors (Lipinski definition) is 0. The molecule has 0 N–H and O–H groups in total. The molecule has 3 heteroatoms. The highest BCUT2D eigenvalue weighted by Crippen LogP contribution is 2.35. The first-order valence-corrected chi connectivity index (χ1v) is 9.86. The van der Waals surface area contributed by atoms with E-state index in [0.29, 0.717) is 16.3 Å². The van der Waals surface area contributed by atoms with Crippen molar-refractivity contribution in [3.63, 3.8) is 0 Å². The molecule has 0 aliphatic carbocycles. The second-order valence-corrected chi connectivity index (χ2v) is 7.47. The van der Waals surface area contributed by atoms with E-state index in [1.54, 1.807) is 6.08 Å². The molecule has 3 aromatic carbocycles. The van der Waals surface area contributed by atoms with Crippen molar-refractivity contribution in [2.45, 2.75) is 13.8 Å². The zero-order valence-corrected chi connectivity index (χ0v) is 17.1. The van der Waals surface area contributed by atoms with Gasteiger partial charge in [0.25, 0.3) is 0 Å². The molecule has 0 fully saturated rings. The number of aryl methyl sites for hydroxylation is 2. The molecule has 0 bridgehead atoms. The van der Waals surface area contributed by atoms with Crippen LogP contribution in [-0.4, -0.2) is 10.8 Å². The third-order valence-electron chi connectivity index (χ3n) is 5.04. The highest BCUT2D eigenvalue weighted by atomic mass is 35.5. The summed E-state index contributed by atoms with van der Waals surface area (Å²) in [6.45, 7) is 3.92. The van der Waals surface area contributed by atoms with Gasteiger partial charge in [-0.15, -0.1) is 0 Å². The monoisotopic (exact) mass is 397 g/mol. The standard InChI is InChI=1S/C26H20ClNO/c1-17-8-6-7-9-19(17)12-15-24(29)25-18(2)28-23-14-13-21(27)16-22(23)26(25)20-10-4-3-5-11-20/h3-16H,1-2H3/b15-12+. The van der Waals surface area contributed by atoms with Gasteiger partial charge < -0.3 is 0 Å². The number of nitrogens with zero attached hydrogens (tertiary/aromatic N) is 1. The lowest BCUT2D eigenvalue weighted by Crippen LogP contribution is -2.05. The summed E-state index contributed by atoms with van der Waals surface area (Å²) in [5, 5.41) is 1.50.